The van der Waals surface area contributed by atoms with Crippen LogP contribution in [0.15, 0.2) is 83.7 Å². The van der Waals surface area contributed by atoms with E-state index in [-0.39, 0.29) is 11.6 Å². The monoisotopic (exact) mass is 498 g/mol. The van der Waals surface area contributed by atoms with Crippen molar-refractivity contribution in [1.82, 2.24) is 14.5 Å². The summed E-state index contributed by atoms with van der Waals surface area (Å²) in [6.07, 6.45) is 4.06. The number of benzene rings is 3. The second-order valence-electron chi connectivity index (χ2n) is 9.02. The number of anilines is 1. The predicted molar refractivity (Wildman–Crippen MR) is 149 cm³/mol. The van der Waals surface area contributed by atoms with Gasteiger partial charge in [0, 0.05) is 6.54 Å². The van der Waals surface area contributed by atoms with Crippen LogP contribution >= 0.6 is 0 Å². The number of ether oxygens (including phenoxy) is 1. The molecule has 7 heteroatoms. The quantitative estimate of drug-likeness (QED) is 0.251. The molecule has 0 aliphatic carbocycles. The molecule has 192 valence electrons. The van der Waals surface area contributed by atoms with Crippen LogP contribution in [-0.2, 0) is 0 Å². The second kappa shape index (κ2) is 12.2. The molecule has 4 aromatic rings. The molecule has 0 bridgehead atoms. The van der Waals surface area contributed by atoms with Gasteiger partial charge in [-0.25, -0.2) is 9.78 Å². The van der Waals surface area contributed by atoms with E-state index in [4.69, 9.17) is 9.72 Å². The Bertz CT molecular complexity index is 1400. The number of carbonyl (C=O) groups excluding carboxylic acids is 1. The van der Waals surface area contributed by atoms with Gasteiger partial charge in [0.25, 0.3) is 5.56 Å². The van der Waals surface area contributed by atoms with E-state index in [1.807, 2.05) is 79.7 Å². The van der Waals surface area contributed by atoms with Crippen molar-refractivity contribution in [3.63, 3.8) is 0 Å². The van der Waals surface area contributed by atoms with Crippen LogP contribution in [0.1, 0.15) is 51.4 Å². The molecule has 37 heavy (non-hydrogen) atoms. The summed E-state index contributed by atoms with van der Waals surface area (Å²) >= 11 is 0. The largest absolute Gasteiger partial charge is 0.495 e. The Morgan fingerprint density at radius 1 is 0.973 bits per heavy atom. The Hall–Kier alpha value is -4.13. The van der Waals surface area contributed by atoms with E-state index in [1.165, 1.54) is 0 Å². The number of fused-ring (bicyclic) bond motifs is 1. The van der Waals surface area contributed by atoms with Crippen LogP contribution < -0.4 is 15.6 Å². The third-order valence-electron chi connectivity index (χ3n) is 6.52. The van der Waals surface area contributed by atoms with E-state index in [0.29, 0.717) is 40.4 Å². The Balaban J connectivity index is 1.78. The lowest BCUT2D eigenvalue weighted by Gasteiger charge is -2.31. The maximum atomic E-state index is 13.7. The smallest absolute Gasteiger partial charge is 0.322 e. The lowest BCUT2D eigenvalue weighted by Crippen LogP contribution is -2.40. The summed E-state index contributed by atoms with van der Waals surface area (Å²) in [5.41, 5.74) is 1.75. The Kier molecular flexibility index (Phi) is 8.56. The molecule has 7 nitrogen and oxygen atoms in total. The molecular weight excluding hydrogens is 464 g/mol. The predicted octanol–water partition coefficient (Wildman–Crippen LogP) is 6.57. The normalized spacial score (nSPS) is 11.8. The van der Waals surface area contributed by atoms with Crippen LogP contribution in [0.5, 0.6) is 5.75 Å². The number of amides is 2. The van der Waals surface area contributed by atoms with Gasteiger partial charge in [-0.2, -0.15) is 0 Å². The number of nitrogens with one attached hydrogen (secondary N) is 1. The third kappa shape index (κ3) is 5.82. The van der Waals surface area contributed by atoms with Gasteiger partial charge < -0.3 is 15.0 Å². The van der Waals surface area contributed by atoms with Gasteiger partial charge in [0.1, 0.15) is 11.6 Å². The van der Waals surface area contributed by atoms with E-state index < -0.39 is 6.04 Å². The molecule has 3 aromatic carbocycles. The van der Waals surface area contributed by atoms with Gasteiger partial charge in [-0.1, -0.05) is 68.7 Å². The highest BCUT2D eigenvalue weighted by Gasteiger charge is 2.27. The molecule has 0 saturated heterocycles. The molecule has 0 spiro atoms. The minimum Gasteiger partial charge on any atom is -0.495 e. The average molecular weight is 499 g/mol. The topological polar surface area (TPSA) is 76.5 Å². The van der Waals surface area contributed by atoms with Crippen molar-refractivity contribution in [2.45, 2.75) is 45.6 Å². The van der Waals surface area contributed by atoms with Crippen molar-refractivity contribution in [3.05, 3.63) is 95.0 Å². The fraction of sp³-hybridized carbons (Fsp3) is 0.300. The number of hydrogen-bond donors (Lipinski definition) is 1. The van der Waals surface area contributed by atoms with Crippen molar-refractivity contribution < 1.29 is 9.53 Å². The summed E-state index contributed by atoms with van der Waals surface area (Å²) < 4.78 is 7.06. The number of unbranched alkanes of at least 4 members (excludes halogenated alkanes) is 3. The number of carbonyl (C=O) groups is 1. The molecule has 0 fully saturated rings. The van der Waals surface area contributed by atoms with E-state index >= 15 is 0 Å². The number of hydrogen-bond acceptors (Lipinski definition) is 4. The number of nitrogens with zero attached hydrogens (tertiary/aromatic N) is 3. The fourth-order valence-corrected chi connectivity index (χ4v) is 4.51. The van der Waals surface area contributed by atoms with Crippen molar-refractivity contribution >= 4 is 22.6 Å². The van der Waals surface area contributed by atoms with Gasteiger partial charge in [0.2, 0.25) is 0 Å². The van der Waals surface area contributed by atoms with Crippen molar-refractivity contribution in [1.29, 1.82) is 0 Å². The van der Waals surface area contributed by atoms with Crippen LogP contribution in [0.2, 0.25) is 0 Å². The van der Waals surface area contributed by atoms with Crippen molar-refractivity contribution in [3.8, 4) is 11.4 Å². The minimum atomic E-state index is -0.478. The molecule has 1 heterocycles. The SMILES string of the molecule is CCCCCCN(C(=O)Nc1ccccc1OC)C(C)c1nc2ccccc2c(=O)n1-c1ccccc1. The van der Waals surface area contributed by atoms with Crippen LogP contribution in [0.4, 0.5) is 10.5 Å². The van der Waals surface area contributed by atoms with Gasteiger partial charge in [-0.3, -0.25) is 9.36 Å². The summed E-state index contributed by atoms with van der Waals surface area (Å²) in [6.45, 7) is 4.61. The van der Waals surface area contributed by atoms with E-state index in [9.17, 15) is 9.59 Å². The molecule has 1 N–H and O–H groups in total. The highest BCUT2D eigenvalue weighted by atomic mass is 16.5. The summed E-state index contributed by atoms with van der Waals surface area (Å²) in [4.78, 5) is 34.1. The average Bonchev–Trinajstić information content (AvgIpc) is 2.93. The molecule has 0 radical (unpaired) electrons. The maximum Gasteiger partial charge on any atom is 0.322 e. The molecular formula is C30H34N4O3. The zero-order valence-corrected chi connectivity index (χ0v) is 21.7. The first-order valence-electron chi connectivity index (χ1n) is 12.8. The number of rotatable bonds is 10. The molecule has 4 rings (SSSR count). The highest BCUT2D eigenvalue weighted by Crippen LogP contribution is 2.27. The van der Waals surface area contributed by atoms with E-state index in [1.54, 1.807) is 22.6 Å². The Morgan fingerprint density at radius 3 is 2.43 bits per heavy atom. The lowest BCUT2D eigenvalue weighted by molar-refractivity contribution is 0.187. The van der Waals surface area contributed by atoms with Gasteiger partial charge in [0.15, 0.2) is 0 Å². The lowest BCUT2D eigenvalue weighted by atomic mass is 10.1. The zero-order valence-electron chi connectivity index (χ0n) is 21.7. The standard InChI is InChI=1S/C30H34N4O3/c1-4-5-6-14-21-33(30(36)32-26-19-12-13-20-27(26)37-3)22(2)28-31-25-18-11-10-17-24(25)29(35)34(28)23-15-8-7-9-16-23/h7-13,15-20,22H,4-6,14,21H2,1-3H3,(H,32,36). The van der Waals surface area contributed by atoms with Crippen LogP contribution in [0.3, 0.4) is 0 Å². The van der Waals surface area contributed by atoms with Crippen LogP contribution in [-0.4, -0.2) is 34.1 Å². The first kappa shape index (κ1) is 25.9. The summed E-state index contributed by atoms with van der Waals surface area (Å²) in [5, 5.41) is 3.55. The Labute approximate surface area is 217 Å². The number of aromatic nitrogens is 2. The summed E-state index contributed by atoms with van der Waals surface area (Å²) in [6, 6.07) is 23.4. The van der Waals surface area contributed by atoms with E-state index in [0.717, 1.165) is 25.7 Å². The molecule has 1 unspecified atom stereocenters. The molecule has 1 aromatic heterocycles. The van der Waals surface area contributed by atoms with E-state index in [2.05, 4.69) is 12.2 Å². The summed E-state index contributed by atoms with van der Waals surface area (Å²) in [7, 11) is 1.58. The summed E-state index contributed by atoms with van der Waals surface area (Å²) in [5.74, 6) is 1.10. The fourth-order valence-electron chi connectivity index (χ4n) is 4.51. The Morgan fingerprint density at radius 2 is 1.68 bits per heavy atom. The molecule has 0 aliphatic heterocycles. The number of methoxy groups -OCH3 is 1. The maximum absolute atomic E-state index is 13.7. The third-order valence-corrected chi connectivity index (χ3v) is 6.52. The van der Waals surface area contributed by atoms with Gasteiger partial charge in [-0.15, -0.1) is 0 Å². The zero-order chi connectivity index (χ0) is 26.2. The van der Waals surface area contributed by atoms with Crippen molar-refractivity contribution in [2.24, 2.45) is 0 Å². The minimum absolute atomic E-state index is 0.158. The highest BCUT2D eigenvalue weighted by molar-refractivity contribution is 5.91. The first-order chi connectivity index (χ1) is 18.0. The first-order valence-corrected chi connectivity index (χ1v) is 12.8. The second-order valence-corrected chi connectivity index (χ2v) is 9.02. The molecule has 0 aliphatic rings. The van der Waals surface area contributed by atoms with Crippen molar-refractivity contribution in [2.75, 3.05) is 19.0 Å². The van der Waals surface area contributed by atoms with Gasteiger partial charge in [0.05, 0.1) is 35.4 Å². The molecule has 0 saturated carbocycles. The van der Waals surface area contributed by atoms with Gasteiger partial charge in [-0.05, 0) is 49.7 Å². The van der Waals surface area contributed by atoms with Gasteiger partial charge >= 0.3 is 6.03 Å². The number of urea groups is 1. The molecule has 2 amide bonds. The van der Waals surface area contributed by atoms with Crippen LogP contribution in [0, 0.1) is 0 Å². The number of para-hydroxylation sites is 4. The van der Waals surface area contributed by atoms with Crippen LogP contribution in [0.25, 0.3) is 16.6 Å². The molecule has 1 atom stereocenters.